The summed E-state index contributed by atoms with van der Waals surface area (Å²) >= 11 is 0. The molecule has 2 atom stereocenters. The molecule has 8 nitrogen and oxygen atoms in total. The number of sulfonamides is 2. The van der Waals surface area contributed by atoms with Gasteiger partial charge in [-0.25, -0.2) is 21.1 Å². The van der Waals surface area contributed by atoms with E-state index in [1.54, 1.807) is 6.07 Å². The summed E-state index contributed by atoms with van der Waals surface area (Å²) in [6.07, 6.45) is 0.983. The number of piperidine rings is 1. The summed E-state index contributed by atoms with van der Waals surface area (Å²) in [5, 5.41) is 2.65. The van der Waals surface area contributed by atoms with Crippen molar-refractivity contribution in [2.24, 2.45) is 11.8 Å². The molecule has 0 saturated carbocycles. The molecule has 1 aliphatic heterocycles. The molecule has 1 heterocycles. The smallest absolute Gasteiger partial charge is 0.255 e. The van der Waals surface area contributed by atoms with Crippen molar-refractivity contribution in [3.05, 3.63) is 54.1 Å². The molecule has 2 aromatic rings. The van der Waals surface area contributed by atoms with Gasteiger partial charge in [-0.1, -0.05) is 26.0 Å². The molecule has 1 fully saturated rings. The summed E-state index contributed by atoms with van der Waals surface area (Å²) in [7, 11) is -4.52. The lowest BCUT2D eigenvalue weighted by Crippen LogP contribution is -2.42. The van der Waals surface area contributed by atoms with E-state index in [4.69, 9.17) is 0 Å². The van der Waals surface area contributed by atoms with E-state index in [9.17, 15) is 21.6 Å². The summed E-state index contributed by atoms with van der Waals surface area (Å²) < 4.78 is 53.5. The number of benzene rings is 2. The fraction of sp³-hybridized carbons (Fsp3) is 0.409. The van der Waals surface area contributed by atoms with Crippen molar-refractivity contribution in [1.82, 2.24) is 8.61 Å². The lowest BCUT2D eigenvalue weighted by atomic mass is 9.94. The van der Waals surface area contributed by atoms with Crippen LogP contribution in [0.25, 0.3) is 0 Å². The molecular weight excluding hydrogens is 450 g/mol. The van der Waals surface area contributed by atoms with Crippen molar-refractivity contribution < 1.29 is 21.6 Å². The van der Waals surface area contributed by atoms with Crippen molar-refractivity contribution in [3.63, 3.8) is 0 Å². The minimum absolute atomic E-state index is 0.0463. The van der Waals surface area contributed by atoms with Gasteiger partial charge in [-0.3, -0.25) is 4.79 Å². The maximum absolute atomic E-state index is 13.2. The Balaban J connectivity index is 1.84. The normalized spacial score (nSPS) is 20.3. The van der Waals surface area contributed by atoms with Crippen molar-refractivity contribution in [3.8, 4) is 0 Å². The topological polar surface area (TPSA) is 104 Å². The third kappa shape index (κ3) is 5.20. The summed E-state index contributed by atoms with van der Waals surface area (Å²) in [6, 6.07) is 11.8. The Bertz CT molecular complexity index is 1200. The van der Waals surface area contributed by atoms with Crippen LogP contribution in [0.1, 0.15) is 30.6 Å². The molecule has 0 spiro atoms. The molecule has 0 bridgehead atoms. The van der Waals surface area contributed by atoms with Crippen LogP contribution in [0, 0.1) is 11.8 Å². The molecule has 0 aliphatic carbocycles. The molecule has 32 heavy (non-hydrogen) atoms. The van der Waals surface area contributed by atoms with Gasteiger partial charge in [0, 0.05) is 38.4 Å². The van der Waals surface area contributed by atoms with E-state index in [1.807, 2.05) is 13.8 Å². The minimum Gasteiger partial charge on any atom is -0.322 e. The molecule has 174 valence electrons. The van der Waals surface area contributed by atoms with Gasteiger partial charge in [-0.05, 0) is 54.7 Å². The molecule has 0 aromatic heterocycles. The Morgan fingerprint density at radius 3 is 2.16 bits per heavy atom. The van der Waals surface area contributed by atoms with Gasteiger partial charge in [0.05, 0.1) is 9.79 Å². The third-order valence-corrected chi connectivity index (χ3v) is 9.08. The van der Waals surface area contributed by atoms with Crippen molar-refractivity contribution in [2.75, 3.05) is 32.5 Å². The van der Waals surface area contributed by atoms with Crippen LogP contribution in [-0.2, 0) is 20.0 Å². The highest BCUT2D eigenvalue weighted by atomic mass is 32.2. The van der Waals surface area contributed by atoms with Gasteiger partial charge in [-0.15, -0.1) is 0 Å². The number of nitrogens with zero attached hydrogens (tertiary/aromatic N) is 2. The molecule has 1 saturated heterocycles. The first-order valence-electron chi connectivity index (χ1n) is 10.4. The monoisotopic (exact) mass is 479 g/mol. The Kier molecular flexibility index (Phi) is 7.09. The maximum Gasteiger partial charge on any atom is 0.255 e. The number of carbonyl (C=O) groups excluding carboxylic acids is 1. The first-order chi connectivity index (χ1) is 14.9. The number of nitrogens with one attached hydrogen (secondary N) is 1. The molecule has 1 amide bonds. The van der Waals surface area contributed by atoms with E-state index in [-0.39, 0.29) is 27.2 Å². The second-order valence-electron chi connectivity index (χ2n) is 8.57. The highest BCUT2D eigenvalue weighted by Crippen LogP contribution is 2.27. The highest BCUT2D eigenvalue weighted by Gasteiger charge is 2.32. The van der Waals surface area contributed by atoms with Crippen LogP contribution in [-0.4, -0.2) is 58.5 Å². The predicted octanol–water partition coefficient (Wildman–Crippen LogP) is 2.86. The van der Waals surface area contributed by atoms with Crippen LogP contribution in [0.4, 0.5) is 5.69 Å². The zero-order valence-corrected chi connectivity index (χ0v) is 20.3. The van der Waals surface area contributed by atoms with Gasteiger partial charge in [0.25, 0.3) is 5.91 Å². The zero-order chi connectivity index (χ0) is 23.7. The fourth-order valence-electron chi connectivity index (χ4n) is 3.90. The van der Waals surface area contributed by atoms with Crippen molar-refractivity contribution >= 4 is 31.6 Å². The van der Waals surface area contributed by atoms with E-state index in [1.165, 1.54) is 60.9 Å². The van der Waals surface area contributed by atoms with E-state index in [0.29, 0.717) is 18.8 Å². The van der Waals surface area contributed by atoms with Gasteiger partial charge in [0.2, 0.25) is 20.0 Å². The average Bonchev–Trinajstić information content (AvgIpc) is 2.73. The number of amides is 1. The van der Waals surface area contributed by atoms with Crippen LogP contribution in [0.2, 0.25) is 0 Å². The first-order valence-corrected chi connectivity index (χ1v) is 13.2. The van der Waals surface area contributed by atoms with E-state index in [2.05, 4.69) is 5.32 Å². The van der Waals surface area contributed by atoms with E-state index in [0.717, 1.165) is 10.7 Å². The second-order valence-corrected chi connectivity index (χ2v) is 12.7. The molecule has 10 heteroatoms. The Hall–Kier alpha value is -2.27. The van der Waals surface area contributed by atoms with Gasteiger partial charge >= 0.3 is 0 Å². The van der Waals surface area contributed by atoms with E-state index >= 15 is 0 Å². The second kappa shape index (κ2) is 9.30. The van der Waals surface area contributed by atoms with Gasteiger partial charge in [0.15, 0.2) is 0 Å². The molecular formula is C22H29N3O5S2. The van der Waals surface area contributed by atoms with Crippen LogP contribution >= 0.6 is 0 Å². The largest absolute Gasteiger partial charge is 0.322 e. The highest BCUT2D eigenvalue weighted by molar-refractivity contribution is 7.89. The number of carbonyl (C=O) groups is 1. The standard InChI is InChI=1S/C22H29N3O5S2/c1-16-11-17(2)15-25(14-16)32(29,30)20-9-5-7-18(12-20)22(26)23-19-8-6-10-21(13-19)31(27,28)24(3)4/h5-10,12-13,16-17H,11,14-15H2,1-4H3,(H,23,26). The lowest BCUT2D eigenvalue weighted by molar-refractivity contribution is 0.102. The van der Waals surface area contributed by atoms with Crippen LogP contribution in [0.15, 0.2) is 58.3 Å². The van der Waals surface area contributed by atoms with Gasteiger partial charge in [0.1, 0.15) is 0 Å². The number of hydrogen-bond acceptors (Lipinski definition) is 5. The Morgan fingerprint density at radius 1 is 0.938 bits per heavy atom. The zero-order valence-electron chi connectivity index (χ0n) is 18.6. The molecule has 1 aliphatic rings. The SMILES string of the molecule is CC1CC(C)CN(S(=O)(=O)c2cccc(C(=O)Nc3cccc(S(=O)(=O)N(C)C)c3)c2)C1. The number of anilines is 1. The van der Waals surface area contributed by atoms with Crippen molar-refractivity contribution in [2.45, 2.75) is 30.1 Å². The Labute approximate surface area is 190 Å². The molecule has 2 aromatic carbocycles. The fourth-order valence-corrected chi connectivity index (χ4v) is 6.57. The first kappa shape index (κ1) is 24.4. The molecule has 0 radical (unpaired) electrons. The van der Waals surface area contributed by atoms with Crippen LogP contribution in [0.5, 0.6) is 0 Å². The number of rotatable bonds is 6. The lowest BCUT2D eigenvalue weighted by Gasteiger charge is -2.34. The number of hydrogen-bond donors (Lipinski definition) is 1. The van der Waals surface area contributed by atoms with E-state index < -0.39 is 26.0 Å². The van der Waals surface area contributed by atoms with Crippen molar-refractivity contribution in [1.29, 1.82) is 0 Å². The Morgan fingerprint density at radius 2 is 1.53 bits per heavy atom. The summed E-state index contributed by atoms with van der Waals surface area (Å²) in [5.41, 5.74) is 0.468. The summed E-state index contributed by atoms with van der Waals surface area (Å²) in [4.78, 5) is 12.9. The quantitative estimate of drug-likeness (QED) is 0.686. The summed E-state index contributed by atoms with van der Waals surface area (Å²) in [6.45, 7) is 4.98. The van der Waals surface area contributed by atoms with Gasteiger partial charge in [-0.2, -0.15) is 4.31 Å². The van der Waals surface area contributed by atoms with Crippen LogP contribution in [0.3, 0.4) is 0 Å². The van der Waals surface area contributed by atoms with Gasteiger partial charge < -0.3 is 5.32 Å². The maximum atomic E-state index is 13.2. The predicted molar refractivity (Wildman–Crippen MR) is 123 cm³/mol. The average molecular weight is 480 g/mol. The molecule has 3 rings (SSSR count). The molecule has 2 unspecified atom stereocenters. The summed E-state index contributed by atoms with van der Waals surface area (Å²) in [5.74, 6) is 0.0123. The minimum atomic E-state index is -3.72. The third-order valence-electron chi connectivity index (χ3n) is 5.44. The van der Waals surface area contributed by atoms with Crippen LogP contribution < -0.4 is 5.32 Å². The molecule has 1 N–H and O–H groups in total.